The van der Waals surface area contributed by atoms with Crippen molar-refractivity contribution in [1.29, 1.82) is 0 Å². The summed E-state index contributed by atoms with van der Waals surface area (Å²) in [5.74, 6) is -0.319. The number of benzene rings is 1. The first kappa shape index (κ1) is 14.3. The molecule has 0 saturated carbocycles. The van der Waals surface area contributed by atoms with Gasteiger partial charge in [0.25, 0.3) is 5.91 Å². The van der Waals surface area contributed by atoms with Crippen LogP contribution in [0.1, 0.15) is 12.0 Å². The topological polar surface area (TPSA) is 102 Å². The van der Waals surface area contributed by atoms with Crippen molar-refractivity contribution in [3.8, 4) is 5.75 Å². The number of ether oxygens (including phenoxy) is 1. The van der Waals surface area contributed by atoms with Gasteiger partial charge in [-0.3, -0.25) is 14.3 Å². The quantitative estimate of drug-likeness (QED) is 0.816. The number of hydrogen-bond donors (Lipinski definition) is 2. The van der Waals surface area contributed by atoms with Crippen molar-refractivity contribution >= 4 is 27.5 Å². The van der Waals surface area contributed by atoms with E-state index in [4.69, 9.17) is 4.74 Å². The van der Waals surface area contributed by atoms with Crippen LogP contribution in [0.2, 0.25) is 0 Å². The Hall–Kier alpha value is -2.09. The lowest BCUT2D eigenvalue weighted by atomic mass is 10.0. The fraction of sp³-hybridized carbons (Fsp3) is 0.333. The molecule has 0 spiro atoms. The molecule has 1 aliphatic rings. The van der Waals surface area contributed by atoms with Crippen molar-refractivity contribution in [3.63, 3.8) is 0 Å². The highest BCUT2D eigenvalue weighted by atomic mass is 32.2. The fourth-order valence-electron chi connectivity index (χ4n) is 1.83. The van der Waals surface area contributed by atoms with E-state index in [1.165, 1.54) is 0 Å². The molecule has 0 aliphatic carbocycles. The highest BCUT2D eigenvalue weighted by Gasteiger charge is 2.15. The maximum Gasteiger partial charge on any atom is 0.271 e. The molecule has 0 saturated heterocycles. The van der Waals surface area contributed by atoms with Gasteiger partial charge in [0.1, 0.15) is 5.75 Å². The summed E-state index contributed by atoms with van der Waals surface area (Å²) in [4.78, 5) is 22.5. The van der Waals surface area contributed by atoms with E-state index < -0.39 is 22.5 Å². The number of carbonyl (C=O) groups excluding carboxylic acids is 2. The van der Waals surface area contributed by atoms with Crippen molar-refractivity contribution in [2.75, 3.05) is 18.2 Å². The normalized spacial score (nSPS) is 14.2. The van der Waals surface area contributed by atoms with Gasteiger partial charge in [-0.25, -0.2) is 8.42 Å². The number of fused-ring (bicyclic) bond motifs is 1. The highest BCUT2D eigenvalue weighted by Crippen LogP contribution is 2.26. The average Bonchev–Trinajstić information content (AvgIpc) is 2.34. The molecule has 1 aromatic carbocycles. The molecule has 1 heterocycles. The standard InChI is InChI=1S/C12H14N2O5S/c1-20(17,18)14-12(16)7-19-9-3-4-10-8(6-9)2-5-11(15)13-10/h3-4,6H,2,5,7H2,1H3,(H,13,15)(H,14,16). The zero-order valence-electron chi connectivity index (χ0n) is 10.8. The molecule has 0 bridgehead atoms. The summed E-state index contributed by atoms with van der Waals surface area (Å²) in [6.45, 7) is -0.391. The van der Waals surface area contributed by atoms with Gasteiger partial charge in [-0.15, -0.1) is 0 Å². The van der Waals surface area contributed by atoms with Crippen LogP contribution >= 0.6 is 0 Å². The van der Waals surface area contributed by atoms with E-state index in [0.717, 1.165) is 17.5 Å². The summed E-state index contributed by atoms with van der Waals surface area (Å²) in [7, 11) is -3.58. The van der Waals surface area contributed by atoms with Crippen molar-refractivity contribution in [1.82, 2.24) is 4.72 Å². The Morgan fingerprint density at radius 3 is 2.85 bits per heavy atom. The molecule has 0 aromatic heterocycles. The van der Waals surface area contributed by atoms with Gasteiger partial charge < -0.3 is 10.1 Å². The predicted octanol–water partition coefficient (Wildman–Crippen LogP) is 0.0259. The van der Waals surface area contributed by atoms with Crippen molar-refractivity contribution in [2.24, 2.45) is 0 Å². The maximum atomic E-state index is 11.3. The molecular formula is C12H14N2O5S. The Kier molecular flexibility index (Phi) is 3.93. The van der Waals surface area contributed by atoms with Crippen LogP contribution in [0.4, 0.5) is 5.69 Å². The van der Waals surface area contributed by atoms with Gasteiger partial charge in [-0.2, -0.15) is 0 Å². The molecule has 0 atom stereocenters. The van der Waals surface area contributed by atoms with E-state index in [0.29, 0.717) is 18.6 Å². The average molecular weight is 298 g/mol. The van der Waals surface area contributed by atoms with Gasteiger partial charge in [0.2, 0.25) is 15.9 Å². The molecular weight excluding hydrogens is 284 g/mol. The lowest BCUT2D eigenvalue weighted by Crippen LogP contribution is -2.33. The largest absolute Gasteiger partial charge is 0.484 e. The lowest BCUT2D eigenvalue weighted by Gasteiger charge is -2.17. The van der Waals surface area contributed by atoms with Gasteiger partial charge in [0.05, 0.1) is 6.26 Å². The third-order valence-electron chi connectivity index (χ3n) is 2.64. The summed E-state index contributed by atoms with van der Waals surface area (Å²) in [5, 5.41) is 2.73. The predicted molar refractivity (Wildman–Crippen MR) is 71.9 cm³/mol. The second kappa shape index (κ2) is 5.49. The third-order valence-corrected chi connectivity index (χ3v) is 3.24. The van der Waals surface area contributed by atoms with Crippen LogP contribution in [0.15, 0.2) is 18.2 Å². The molecule has 2 N–H and O–H groups in total. The first-order valence-electron chi connectivity index (χ1n) is 5.90. The van der Waals surface area contributed by atoms with E-state index in [2.05, 4.69) is 5.32 Å². The lowest BCUT2D eigenvalue weighted by molar-refractivity contribution is -0.121. The van der Waals surface area contributed by atoms with Gasteiger partial charge in [0.15, 0.2) is 6.61 Å². The number of hydrogen-bond acceptors (Lipinski definition) is 5. The first-order chi connectivity index (χ1) is 9.33. The smallest absolute Gasteiger partial charge is 0.271 e. The molecule has 8 heteroatoms. The number of aryl methyl sites for hydroxylation is 1. The van der Waals surface area contributed by atoms with E-state index >= 15 is 0 Å². The summed E-state index contributed by atoms with van der Waals surface area (Å²) >= 11 is 0. The summed E-state index contributed by atoms with van der Waals surface area (Å²) in [6.07, 6.45) is 1.91. The van der Waals surface area contributed by atoms with Crippen LogP contribution in [0.25, 0.3) is 0 Å². The summed E-state index contributed by atoms with van der Waals surface area (Å²) in [5.41, 5.74) is 1.65. The molecule has 2 rings (SSSR count). The highest BCUT2D eigenvalue weighted by molar-refractivity contribution is 7.89. The zero-order valence-corrected chi connectivity index (χ0v) is 11.6. The van der Waals surface area contributed by atoms with Crippen molar-refractivity contribution < 1.29 is 22.7 Å². The molecule has 2 amide bonds. The van der Waals surface area contributed by atoms with Crippen LogP contribution < -0.4 is 14.8 Å². The number of amides is 2. The maximum absolute atomic E-state index is 11.3. The minimum Gasteiger partial charge on any atom is -0.484 e. The van der Waals surface area contributed by atoms with Gasteiger partial charge >= 0.3 is 0 Å². The number of rotatable bonds is 4. The molecule has 0 radical (unpaired) electrons. The molecule has 20 heavy (non-hydrogen) atoms. The Labute approximate surface area is 116 Å². The van der Waals surface area contributed by atoms with Crippen LogP contribution in [-0.4, -0.2) is 33.1 Å². The minimum absolute atomic E-state index is 0.0290. The fourth-order valence-corrected chi connectivity index (χ4v) is 2.31. The second-order valence-corrected chi connectivity index (χ2v) is 6.20. The number of nitrogens with one attached hydrogen (secondary N) is 2. The Bertz CT molecular complexity index is 654. The summed E-state index contributed by atoms with van der Waals surface area (Å²) < 4.78 is 28.7. The molecule has 7 nitrogen and oxygen atoms in total. The number of anilines is 1. The second-order valence-electron chi connectivity index (χ2n) is 4.45. The van der Waals surface area contributed by atoms with Gasteiger partial charge in [0, 0.05) is 12.1 Å². The molecule has 0 unspecified atom stereocenters. The minimum atomic E-state index is -3.58. The number of carbonyl (C=O) groups is 2. The van der Waals surface area contributed by atoms with Crippen LogP contribution in [0.5, 0.6) is 5.75 Å². The van der Waals surface area contributed by atoms with Crippen LogP contribution in [0.3, 0.4) is 0 Å². The monoisotopic (exact) mass is 298 g/mol. The molecule has 108 valence electrons. The SMILES string of the molecule is CS(=O)(=O)NC(=O)COc1ccc2c(c1)CCC(=O)N2. The Morgan fingerprint density at radius 2 is 2.15 bits per heavy atom. The summed E-state index contributed by atoms with van der Waals surface area (Å²) in [6, 6.07) is 5.02. The zero-order chi connectivity index (χ0) is 14.8. The third kappa shape index (κ3) is 3.95. The van der Waals surface area contributed by atoms with Crippen molar-refractivity contribution in [2.45, 2.75) is 12.8 Å². The van der Waals surface area contributed by atoms with Gasteiger partial charge in [-0.1, -0.05) is 0 Å². The van der Waals surface area contributed by atoms with E-state index in [1.54, 1.807) is 18.2 Å². The Balaban J connectivity index is 1.98. The van der Waals surface area contributed by atoms with Crippen LogP contribution in [0, 0.1) is 0 Å². The molecule has 0 fully saturated rings. The van der Waals surface area contributed by atoms with Gasteiger partial charge in [-0.05, 0) is 30.2 Å². The van der Waals surface area contributed by atoms with Crippen molar-refractivity contribution in [3.05, 3.63) is 23.8 Å². The molecule has 1 aliphatic heterocycles. The van der Waals surface area contributed by atoms with E-state index in [1.807, 2.05) is 4.72 Å². The molecule has 1 aromatic rings. The first-order valence-corrected chi connectivity index (χ1v) is 7.79. The van der Waals surface area contributed by atoms with E-state index in [-0.39, 0.29) is 5.91 Å². The Morgan fingerprint density at radius 1 is 1.40 bits per heavy atom. The van der Waals surface area contributed by atoms with E-state index in [9.17, 15) is 18.0 Å². The van der Waals surface area contributed by atoms with Crippen LogP contribution in [-0.2, 0) is 26.0 Å². The number of sulfonamides is 1.